The molecule has 0 bridgehead atoms. The molecule has 0 radical (unpaired) electrons. The van der Waals surface area contributed by atoms with E-state index in [-0.39, 0.29) is 0 Å². The van der Waals surface area contributed by atoms with Crippen LogP contribution in [0.2, 0.25) is 0 Å². The minimum atomic E-state index is 0.788. The van der Waals surface area contributed by atoms with Crippen LogP contribution in [0, 0.1) is 0 Å². The van der Waals surface area contributed by atoms with Gasteiger partial charge in [0.05, 0.1) is 5.69 Å². The van der Waals surface area contributed by atoms with Crippen molar-refractivity contribution in [3.05, 3.63) is 54.9 Å². The molecule has 3 nitrogen and oxygen atoms in total. The summed E-state index contributed by atoms with van der Waals surface area (Å²) in [5, 5.41) is 0. The van der Waals surface area contributed by atoms with E-state index in [1.165, 1.54) is 4.09 Å². The molecule has 1 aromatic heterocycles. The summed E-state index contributed by atoms with van der Waals surface area (Å²) < 4.78 is 7.50. The number of hydrogen-bond donors (Lipinski definition) is 0. The quantitative estimate of drug-likeness (QED) is 0.475. The van der Waals surface area contributed by atoms with Crippen molar-refractivity contribution in [3.8, 4) is 34.0 Å². The number of para-hydroxylation sites is 2. The molecule has 0 spiro atoms. The fourth-order valence-electron chi connectivity index (χ4n) is 2.39. The number of imidazole rings is 1. The Morgan fingerprint density at radius 1 is 0.895 bits per heavy atom. The maximum atomic E-state index is 6.22. The van der Waals surface area contributed by atoms with Crippen molar-refractivity contribution in [2.75, 3.05) is 0 Å². The molecule has 92 valence electrons. The van der Waals surface area contributed by atoms with Gasteiger partial charge in [0.1, 0.15) is 23.5 Å². The van der Waals surface area contributed by atoms with Gasteiger partial charge in [-0.2, -0.15) is 0 Å². The second kappa shape index (κ2) is 3.87. The van der Waals surface area contributed by atoms with E-state index in [1.807, 2.05) is 48.5 Å². The Bertz CT molecular complexity index is 779. The molecular formula is C15H9ClN2O. The Hall–Kier alpha value is -2.26. The summed E-state index contributed by atoms with van der Waals surface area (Å²) in [6.07, 6.45) is 1.62. The third kappa shape index (κ3) is 1.48. The highest BCUT2D eigenvalue weighted by atomic mass is 35.5. The van der Waals surface area contributed by atoms with Gasteiger partial charge >= 0.3 is 0 Å². The number of aromatic nitrogens is 2. The third-order valence-corrected chi connectivity index (χ3v) is 3.49. The predicted molar refractivity (Wildman–Crippen MR) is 74.4 cm³/mol. The van der Waals surface area contributed by atoms with Crippen LogP contribution in [0.5, 0.6) is 11.5 Å². The van der Waals surface area contributed by atoms with Gasteiger partial charge in [0.2, 0.25) is 0 Å². The smallest absolute Gasteiger partial charge is 0.136 e. The lowest BCUT2D eigenvalue weighted by Crippen LogP contribution is -1.87. The Morgan fingerprint density at radius 3 is 2.32 bits per heavy atom. The first kappa shape index (κ1) is 10.6. The van der Waals surface area contributed by atoms with Crippen molar-refractivity contribution in [1.82, 2.24) is 9.07 Å². The van der Waals surface area contributed by atoms with Crippen LogP contribution < -0.4 is 4.74 Å². The molecule has 0 amide bonds. The molecule has 1 aliphatic rings. The second-order valence-electron chi connectivity index (χ2n) is 4.35. The summed E-state index contributed by atoms with van der Waals surface area (Å²) in [5.41, 5.74) is 3.60. The Labute approximate surface area is 115 Å². The normalized spacial score (nSPS) is 11.8. The molecule has 0 aliphatic carbocycles. The average molecular weight is 269 g/mol. The van der Waals surface area contributed by atoms with E-state index in [1.54, 1.807) is 6.33 Å². The van der Waals surface area contributed by atoms with Gasteiger partial charge in [0.25, 0.3) is 0 Å². The Balaban J connectivity index is 2.14. The zero-order chi connectivity index (χ0) is 12.8. The van der Waals surface area contributed by atoms with Gasteiger partial charge in [-0.3, -0.25) is 0 Å². The largest absolute Gasteiger partial charge is 0.456 e. The van der Waals surface area contributed by atoms with Gasteiger partial charge in [-0.05, 0) is 24.3 Å². The molecule has 0 fully saturated rings. The number of halogens is 1. The Kier molecular flexibility index (Phi) is 2.17. The molecule has 2 aromatic carbocycles. The molecule has 4 rings (SSSR count). The molecule has 0 unspecified atom stereocenters. The van der Waals surface area contributed by atoms with Crippen LogP contribution in [0.3, 0.4) is 0 Å². The van der Waals surface area contributed by atoms with Crippen molar-refractivity contribution in [1.29, 1.82) is 0 Å². The van der Waals surface area contributed by atoms with E-state index in [4.69, 9.17) is 16.5 Å². The van der Waals surface area contributed by atoms with Crippen LogP contribution in [0.15, 0.2) is 54.9 Å². The van der Waals surface area contributed by atoms with Gasteiger partial charge in [0, 0.05) is 22.9 Å². The highest BCUT2D eigenvalue weighted by Gasteiger charge is 2.24. The number of fused-ring (bicyclic) bond motifs is 5. The van der Waals surface area contributed by atoms with Crippen molar-refractivity contribution in [2.45, 2.75) is 0 Å². The lowest BCUT2D eigenvalue weighted by atomic mass is 10.1. The maximum Gasteiger partial charge on any atom is 0.136 e. The number of rotatable bonds is 0. The lowest BCUT2D eigenvalue weighted by Gasteiger charge is -2.08. The van der Waals surface area contributed by atoms with Crippen molar-refractivity contribution in [2.24, 2.45) is 0 Å². The van der Waals surface area contributed by atoms with Crippen LogP contribution >= 0.6 is 11.8 Å². The van der Waals surface area contributed by atoms with Gasteiger partial charge in [0.15, 0.2) is 0 Å². The van der Waals surface area contributed by atoms with E-state index in [9.17, 15) is 0 Å². The van der Waals surface area contributed by atoms with Gasteiger partial charge in [-0.1, -0.05) is 24.3 Å². The molecule has 0 saturated heterocycles. The van der Waals surface area contributed by atoms with E-state index in [0.29, 0.717) is 0 Å². The maximum absolute atomic E-state index is 6.22. The minimum absolute atomic E-state index is 0.788. The number of hydrogen-bond acceptors (Lipinski definition) is 2. The summed E-state index contributed by atoms with van der Waals surface area (Å²) in [4.78, 5) is 4.41. The molecule has 19 heavy (non-hydrogen) atoms. The molecule has 1 aliphatic heterocycles. The molecule has 4 heteroatoms. The van der Waals surface area contributed by atoms with Crippen LogP contribution in [0.4, 0.5) is 0 Å². The van der Waals surface area contributed by atoms with Gasteiger partial charge in [-0.25, -0.2) is 9.07 Å². The number of benzene rings is 2. The SMILES string of the molecule is Cln1cnc2c1-c1ccccc1Oc1ccccc1-2. The molecule has 0 N–H and O–H groups in total. The summed E-state index contributed by atoms with van der Waals surface area (Å²) in [5.74, 6) is 1.58. The van der Waals surface area contributed by atoms with Crippen molar-refractivity contribution >= 4 is 11.8 Å². The zero-order valence-corrected chi connectivity index (χ0v) is 10.6. The van der Waals surface area contributed by atoms with E-state index in [0.717, 1.165) is 34.0 Å². The third-order valence-electron chi connectivity index (χ3n) is 3.23. The molecule has 0 saturated carbocycles. The van der Waals surface area contributed by atoms with Crippen molar-refractivity contribution < 1.29 is 4.74 Å². The summed E-state index contributed by atoms with van der Waals surface area (Å²) in [6.45, 7) is 0. The fraction of sp³-hybridized carbons (Fsp3) is 0. The summed E-state index contributed by atoms with van der Waals surface area (Å²) >= 11 is 6.22. The minimum Gasteiger partial charge on any atom is -0.456 e. The molecular weight excluding hydrogens is 260 g/mol. The second-order valence-corrected chi connectivity index (χ2v) is 4.71. The lowest BCUT2D eigenvalue weighted by molar-refractivity contribution is 0.487. The monoisotopic (exact) mass is 268 g/mol. The standard InChI is InChI=1S/C15H9ClN2O/c16-18-9-17-14-10-5-1-3-7-12(10)19-13-8-4-2-6-11(13)15(14)18/h1-9H. The first-order valence-electron chi connectivity index (χ1n) is 5.95. The number of ether oxygens (including phenoxy) is 1. The first-order valence-corrected chi connectivity index (χ1v) is 6.28. The van der Waals surface area contributed by atoms with Crippen LogP contribution in [0.25, 0.3) is 22.5 Å². The molecule has 2 heterocycles. The fourth-order valence-corrected chi connectivity index (χ4v) is 2.60. The average Bonchev–Trinajstić information content (AvgIpc) is 2.75. The van der Waals surface area contributed by atoms with Crippen molar-refractivity contribution in [3.63, 3.8) is 0 Å². The van der Waals surface area contributed by atoms with Crippen LogP contribution in [0.1, 0.15) is 0 Å². The highest BCUT2D eigenvalue weighted by Crippen LogP contribution is 2.45. The Morgan fingerprint density at radius 2 is 1.53 bits per heavy atom. The van der Waals surface area contributed by atoms with E-state index < -0.39 is 0 Å². The van der Waals surface area contributed by atoms with Crippen LogP contribution in [-0.4, -0.2) is 9.07 Å². The summed E-state index contributed by atoms with van der Waals surface area (Å²) in [7, 11) is 0. The van der Waals surface area contributed by atoms with E-state index in [2.05, 4.69) is 4.98 Å². The van der Waals surface area contributed by atoms with Crippen LogP contribution in [-0.2, 0) is 0 Å². The zero-order valence-electron chi connectivity index (χ0n) is 9.88. The number of nitrogens with zero attached hydrogens (tertiary/aromatic N) is 2. The van der Waals surface area contributed by atoms with Gasteiger partial charge in [-0.15, -0.1) is 0 Å². The van der Waals surface area contributed by atoms with Gasteiger partial charge < -0.3 is 4.74 Å². The summed E-state index contributed by atoms with van der Waals surface area (Å²) in [6, 6.07) is 15.7. The first-order chi connectivity index (χ1) is 9.34. The highest BCUT2D eigenvalue weighted by molar-refractivity contribution is 6.18. The topological polar surface area (TPSA) is 27.1 Å². The predicted octanol–water partition coefficient (Wildman–Crippen LogP) is 4.32. The van der Waals surface area contributed by atoms with E-state index >= 15 is 0 Å². The molecule has 3 aromatic rings. The molecule has 0 atom stereocenters.